The molecule has 0 radical (unpaired) electrons. The first-order chi connectivity index (χ1) is 9.81. The molecule has 0 aromatic heterocycles. The summed E-state index contributed by atoms with van der Waals surface area (Å²) >= 11 is 0. The monoisotopic (exact) mass is 288 g/mol. The topological polar surface area (TPSA) is 43.0 Å². The first-order valence-electron chi connectivity index (χ1n) is 7.83. The van der Waals surface area contributed by atoms with Crippen molar-refractivity contribution in [3.05, 3.63) is 0 Å². The highest BCUT2D eigenvalue weighted by atomic mass is 16.5. The predicted octanol–water partition coefficient (Wildman–Crippen LogP) is 0.986. The number of rotatable bonds is 12. The first kappa shape index (κ1) is 17.9. The van der Waals surface area contributed by atoms with Crippen LogP contribution in [0.2, 0.25) is 0 Å². The van der Waals surface area contributed by atoms with E-state index in [0.29, 0.717) is 12.0 Å². The molecular weight excluding hydrogens is 256 g/mol. The summed E-state index contributed by atoms with van der Waals surface area (Å²) in [6, 6.07) is 0.502. The van der Waals surface area contributed by atoms with E-state index in [4.69, 9.17) is 14.2 Å². The maximum Gasteiger partial charge on any atom is 0.0623 e. The van der Waals surface area contributed by atoms with Gasteiger partial charge in [-0.25, -0.2) is 0 Å². The lowest BCUT2D eigenvalue weighted by Crippen LogP contribution is -2.43. The highest BCUT2D eigenvalue weighted by Gasteiger charge is 2.29. The van der Waals surface area contributed by atoms with Crippen LogP contribution in [0.3, 0.4) is 0 Å². The lowest BCUT2D eigenvalue weighted by molar-refractivity contribution is 0.115. The Kier molecular flexibility index (Phi) is 10.2. The zero-order chi connectivity index (χ0) is 14.6. The second kappa shape index (κ2) is 11.5. The summed E-state index contributed by atoms with van der Waals surface area (Å²) in [5.74, 6) is 0.584. The average molecular weight is 288 g/mol. The van der Waals surface area contributed by atoms with Gasteiger partial charge in [0.25, 0.3) is 0 Å². The number of nitrogens with zero attached hydrogens (tertiary/aromatic N) is 1. The zero-order valence-corrected chi connectivity index (χ0v) is 13.4. The summed E-state index contributed by atoms with van der Waals surface area (Å²) in [5, 5.41) is 3.60. The Morgan fingerprint density at radius 3 is 2.65 bits per heavy atom. The van der Waals surface area contributed by atoms with Crippen molar-refractivity contribution < 1.29 is 14.2 Å². The molecule has 0 spiro atoms. The minimum absolute atomic E-state index is 0.502. The maximum atomic E-state index is 5.65. The Balaban J connectivity index is 2.36. The molecule has 20 heavy (non-hydrogen) atoms. The quantitative estimate of drug-likeness (QED) is 0.542. The van der Waals surface area contributed by atoms with Crippen LogP contribution in [-0.2, 0) is 14.2 Å². The van der Waals surface area contributed by atoms with Crippen molar-refractivity contribution in [2.45, 2.75) is 25.8 Å². The highest BCUT2D eigenvalue weighted by Crippen LogP contribution is 2.15. The average Bonchev–Trinajstić information content (AvgIpc) is 2.89. The number of methoxy groups -OCH3 is 2. The largest absolute Gasteiger partial charge is 0.385 e. The molecule has 5 heteroatoms. The molecule has 120 valence electrons. The molecule has 1 fully saturated rings. The Morgan fingerprint density at radius 2 is 1.95 bits per heavy atom. The fourth-order valence-electron chi connectivity index (χ4n) is 2.61. The van der Waals surface area contributed by atoms with Gasteiger partial charge in [-0.15, -0.1) is 0 Å². The normalized spacial score (nSPS) is 22.8. The van der Waals surface area contributed by atoms with Crippen LogP contribution in [-0.4, -0.2) is 77.8 Å². The van der Waals surface area contributed by atoms with E-state index < -0.39 is 0 Å². The van der Waals surface area contributed by atoms with Gasteiger partial charge >= 0.3 is 0 Å². The summed E-state index contributed by atoms with van der Waals surface area (Å²) in [6.07, 6.45) is 2.24. The van der Waals surface area contributed by atoms with Crippen molar-refractivity contribution in [3.8, 4) is 0 Å². The van der Waals surface area contributed by atoms with Crippen LogP contribution < -0.4 is 5.32 Å². The van der Waals surface area contributed by atoms with Gasteiger partial charge in [0.2, 0.25) is 0 Å². The third kappa shape index (κ3) is 6.99. The van der Waals surface area contributed by atoms with Gasteiger partial charge in [0.1, 0.15) is 0 Å². The van der Waals surface area contributed by atoms with Crippen LogP contribution in [0.1, 0.15) is 19.8 Å². The fourth-order valence-corrected chi connectivity index (χ4v) is 2.61. The summed E-state index contributed by atoms with van der Waals surface area (Å²) in [7, 11) is 3.52. The summed E-state index contributed by atoms with van der Waals surface area (Å²) in [5.41, 5.74) is 0. The van der Waals surface area contributed by atoms with Crippen LogP contribution in [0.5, 0.6) is 0 Å². The van der Waals surface area contributed by atoms with E-state index in [0.717, 1.165) is 59.0 Å². The molecule has 0 bridgehead atoms. The van der Waals surface area contributed by atoms with Gasteiger partial charge in [-0.1, -0.05) is 6.92 Å². The van der Waals surface area contributed by atoms with Crippen molar-refractivity contribution in [1.82, 2.24) is 10.2 Å². The van der Waals surface area contributed by atoms with Crippen LogP contribution in [0.25, 0.3) is 0 Å². The van der Waals surface area contributed by atoms with Gasteiger partial charge in [-0.05, 0) is 19.4 Å². The van der Waals surface area contributed by atoms with Gasteiger partial charge < -0.3 is 24.4 Å². The Bertz CT molecular complexity index is 229. The molecule has 1 heterocycles. The molecule has 1 N–H and O–H groups in total. The van der Waals surface area contributed by atoms with Crippen LogP contribution >= 0.6 is 0 Å². The molecule has 0 saturated carbocycles. The molecule has 2 unspecified atom stereocenters. The number of ether oxygens (including phenoxy) is 3. The van der Waals surface area contributed by atoms with Crippen LogP contribution in [0.15, 0.2) is 0 Å². The molecular formula is C15H32N2O3. The minimum Gasteiger partial charge on any atom is -0.385 e. The van der Waals surface area contributed by atoms with E-state index in [2.05, 4.69) is 17.1 Å². The Labute approximate surface area is 123 Å². The van der Waals surface area contributed by atoms with Crippen LogP contribution in [0.4, 0.5) is 0 Å². The summed E-state index contributed by atoms with van der Waals surface area (Å²) < 4.78 is 16.0. The van der Waals surface area contributed by atoms with E-state index in [1.54, 1.807) is 14.2 Å². The molecule has 1 saturated heterocycles. The second-order valence-electron chi connectivity index (χ2n) is 5.50. The second-order valence-corrected chi connectivity index (χ2v) is 5.50. The minimum atomic E-state index is 0.502. The van der Waals surface area contributed by atoms with Gasteiger partial charge in [-0.3, -0.25) is 0 Å². The van der Waals surface area contributed by atoms with E-state index >= 15 is 0 Å². The first-order valence-corrected chi connectivity index (χ1v) is 7.83. The van der Waals surface area contributed by atoms with Crippen molar-refractivity contribution in [2.75, 3.05) is 66.8 Å². The smallest absolute Gasteiger partial charge is 0.0623 e. The summed E-state index contributed by atoms with van der Waals surface area (Å²) in [4.78, 5) is 2.47. The van der Waals surface area contributed by atoms with Gasteiger partial charge in [0.15, 0.2) is 0 Å². The molecule has 0 aromatic rings. The van der Waals surface area contributed by atoms with E-state index in [9.17, 15) is 0 Å². The van der Waals surface area contributed by atoms with Crippen molar-refractivity contribution in [2.24, 2.45) is 5.92 Å². The highest BCUT2D eigenvalue weighted by molar-refractivity contribution is 4.83. The van der Waals surface area contributed by atoms with Crippen molar-refractivity contribution >= 4 is 0 Å². The molecule has 1 rings (SSSR count). The lowest BCUT2D eigenvalue weighted by atomic mass is 10.0. The number of hydrogen-bond donors (Lipinski definition) is 1. The SMILES string of the molecule is CCCNC1COCC1CN(CCCOC)CCOC. The zero-order valence-electron chi connectivity index (χ0n) is 13.4. The Hall–Kier alpha value is -0.200. The van der Waals surface area contributed by atoms with Crippen molar-refractivity contribution in [3.63, 3.8) is 0 Å². The van der Waals surface area contributed by atoms with Crippen molar-refractivity contribution in [1.29, 1.82) is 0 Å². The molecule has 0 aliphatic carbocycles. The lowest BCUT2D eigenvalue weighted by Gasteiger charge is -2.27. The molecule has 1 aliphatic rings. The molecule has 0 aromatic carbocycles. The summed E-state index contributed by atoms with van der Waals surface area (Å²) in [6.45, 7) is 9.73. The molecule has 1 aliphatic heterocycles. The van der Waals surface area contributed by atoms with Gasteiger partial charge in [-0.2, -0.15) is 0 Å². The fraction of sp³-hybridized carbons (Fsp3) is 1.00. The Morgan fingerprint density at radius 1 is 1.15 bits per heavy atom. The third-order valence-electron chi connectivity index (χ3n) is 3.78. The standard InChI is InChI=1S/C15H32N2O3/c1-4-6-16-15-13-20-12-14(15)11-17(8-10-19-3)7-5-9-18-2/h14-16H,4-13H2,1-3H3. The molecule has 0 amide bonds. The third-order valence-corrected chi connectivity index (χ3v) is 3.78. The van der Waals surface area contributed by atoms with E-state index in [-0.39, 0.29) is 0 Å². The van der Waals surface area contributed by atoms with E-state index in [1.807, 2.05) is 0 Å². The van der Waals surface area contributed by atoms with Gasteiger partial charge in [0, 0.05) is 52.4 Å². The molecule has 5 nitrogen and oxygen atoms in total. The van der Waals surface area contributed by atoms with E-state index in [1.165, 1.54) is 6.42 Å². The maximum absolute atomic E-state index is 5.65. The van der Waals surface area contributed by atoms with Crippen LogP contribution in [0, 0.1) is 5.92 Å². The molecule has 2 atom stereocenters. The number of nitrogens with one attached hydrogen (secondary N) is 1. The predicted molar refractivity (Wildman–Crippen MR) is 81.2 cm³/mol. The number of hydrogen-bond acceptors (Lipinski definition) is 5. The van der Waals surface area contributed by atoms with Gasteiger partial charge in [0.05, 0.1) is 19.8 Å².